The van der Waals surface area contributed by atoms with Gasteiger partial charge in [0.05, 0.1) is 28.6 Å². The van der Waals surface area contributed by atoms with Gasteiger partial charge in [-0.15, -0.1) is 0 Å². The number of anilines is 1. The van der Waals surface area contributed by atoms with Crippen LogP contribution >= 0.6 is 11.6 Å². The molecule has 1 aromatic carbocycles. The zero-order chi connectivity index (χ0) is 17.1. The summed E-state index contributed by atoms with van der Waals surface area (Å²) in [6, 6.07) is 7.56. The Morgan fingerprint density at radius 3 is 2.92 bits per heavy atom. The molecule has 0 bridgehead atoms. The van der Waals surface area contributed by atoms with E-state index in [9.17, 15) is 0 Å². The van der Waals surface area contributed by atoms with Crippen LogP contribution in [0.4, 0.5) is 5.82 Å². The fourth-order valence-electron chi connectivity index (χ4n) is 2.67. The van der Waals surface area contributed by atoms with E-state index >= 15 is 0 Å². The first-order chi connectivity index (χ1) is 12.3. The van der Waals surface area contributed by atoms with Gasteiger partial charge in [-0.05, 0) is 18.6 Å². The van der Waals surface area contributed by atoms with Crippen LogP contribution in [0.1, 0.15) is 6.42 Å². The smallest absolute Gasteiger partial charge is 0.168 e. The minimum Gasteiger partial charge on any atom is -0.369 e. The molecule has 3 heterocycles. The van der Waals surface area contributed by atoms with E-state index in [2.05, 4.69) is 25.4 Å². The molecule has 25 heavy (non-hydrogen) atoms. The quantitative estimate of drug-likeness (QED) is 0.539. The number of fused-ring (bicyclic) bond motifs is 1. The van der Waals surface area contributed by atoms with Gasteiger partial charge in [0.25, 0.3) is 0 Å². The summed E-state index contributed by atoms with van der Waals surface area (Å²) < 4.78 is 3.78. The summed E-state index contributed by atoms with van der Waals surface area (Å²) in [5.41, 5.74) is 1.52. The summed E-state index contributed by atoms with van der Waals surface area (Å²) in [6.45, 7) is 1.70. The number of para-hydroxylation sites is 1. The van der Waals surface area contributed by atoms with Crippen LogP contribution in [0, 0.1) is 0 Å². The molecule has 0 aliphatic heterocycles. The van der Waals surface area contributed by atoms with Gasteiger partial charge in [0.2, 0.25) is 0 Å². The molecular weight excluding hydrogens is 338 g/mol. The number of benzene rings is 1. The van der Waals surface area contributed by atoms with Crippen LogP contribution in [0.5, 0.6) is 0 Å². The third-order valence-electron chi connectivity index (χ3n) is 3.89. The minimum absolute atomic E-state index is 0.626. The highest BCUT2D eigenvalue weighted by Gasteiger charge is 2.12. The summed E-state index contributed by atoms with van der Waals surface area (Å²) in [7, 11) is 0. The fraction of sp³-hybridized carbons (Fsp3) is 0.176. The third kappa shape index (κ3) is 3.18. The van der Waals surface area contributed by atoms with Crippen molar-refractivity contribution in [2.75, 3.05) is 11.9 Å². The van der Waals surface area contributed by atoms with E-state index in [1.54, 1.807) is 17.1 Å². The molecule has 0 atom stereocenters. The van der Waals surface area contributed by atoms with Crippen molar-refractivity contribution in [2.24, 2.45) is 0 Å². The topological polar surface area (TPSA) is 73.5 Å². The number of hydrogen-bond donors (Lipinski definition) is 1. The van der Waals surface area contributed by atoms with Crippen molar-refractivity contribution in [1.29, 1.82) is 0 Å². The molecule has 4 aromatic rings. The molecule has 0 spiro atoms. The number of rotatable bonds is 6. The third-order valence-corrected chi connectivity index (χ3v) is 4.21. The van der Waals surface area contributed by atoms with Gasteiger partial charge in [-0.1, -0.05) is 23.7 Å². The highest BCUT2D eigenvalue weighted by atomic mass is 35.5. The molecule has 0 aliphatic carbocycles. The molecule has 1 N–H and O–H groups in total. The lowest BCUT2D eigenvalue weighted by Gasteiger charge is -2.08. The lowest BCUT2D eigenvalue weighted by Crippen LogP contribution is -2.07. The zero-order valence-electron chi connectivity index (χ0n) is 13.4. The number of halogens is 1. The van der Waals surface area contributed by atoms with Gasteiger partial charge in [0.1, 0.15) is 12.1 Å². The van der Waals surface area contributed by atoms with E-state index in [1.807, 2.05) is 41.4 Å². The van der Waals surface area contributed by atoms with Crippen LogP contribution < -0.4 is 5.32 Å². The van der Waals surface area contributed by atoms with Gasteiger partial charge in [-0.25, -0.2) is 19.6 Å². The normalized spacial score (nSPS) is 11.1. The minimum atomic E-state index is 0.626. The Morgan fingerprint density at radius 2 is 2.08 bits per heavy atom. The van der Waals surface area contributed by atoms with Crippen LogP contribution in [-0.4, -0.2) is 35.8 Å². The van der Waals surface area contributed by atoms with Gasteiger partial charge < -0.3 is 9.88 Å². The predicted octanol–water partition coefficient (Wildman–Crippen LogP) is 3.17. The number of imidazole rings is 1. The van der Waals surface area contributed by atoms with Crippen LogP contribution in [0.25, 0.3) is 16.7 Å². The summed E-state index contributed by atoms with van der Waals surface area (Å²) in [6.07, 6.45) is 9.81. The Morgan fingerprint density at radius 1 is 1.16 bits per heavy atom. The number of aryl methyl sites for hydroxylation is 1. The first-order valence-corrected chi connectivity index (χ1v) is 8.34. The molecule has 0 amide bonds. The van der Waals surface area contributed by atoms with E-state index in [0.29, 0.717) is 5.02 Å². The van der Waals surface area contributed by atoms with E-state index < -0.39 is 0 Å². The Bertz CT molecular complexity index is 978. The molecule has 0 radical (unpaired) electrons. The first-order valence-electron chi connectivity index (χ1n) is 7.96. The Hall–Kier alpha value is -2.93. The Balaban J connectivity index is 1.54. The maximum Gasteiger partial charge on any atom is 0.168 e. The van der Waals surface area contributed by atoms with E-state index in [4.69, 9.17) is 11.6 Å². The van der Waals surface area contributed by atoms with E-state index in [1.165, 1.54) is 6.33 Å². The summed E-state index contributed by atoms with van der Waals surface area (Å²) in [5.74, 6) is 0.772. The van der Waals surface area contributed by atoms with Gasteiger partial charge in [0, 0.05) is 25.5 Å². The highest BCUT2D eigenvalue weighted by Crippen LogP contribution is 2.25. The van der Waals surface area contributed by atoms with Gasteiger partial charge in [-0.2, -0.15) is 5.10 Å². The van der Waals surface area contributed by atoms with Crippen LogP contribution in [0.3, 0.4) is 0 Å². The summed E-state index contributed by atoms with van der Waals surface area (Å²) in [4.78, 5) is 12.7. The average Bonchev–Trinajstić information content (AvgIpc) is 3.29. The lowest BCUT2D eigenvalue weighted by molar-refractivity contribution is 0.660. The SMILES string of the molecule is Clc1ccccc1-n1ncc2c(NCCCn3ccnc3)ncnc21. The highest BCUT2D eigenvalue weighted by molar-refractivity contribution is 6.32. The summed E-state index contributed by atoms with van der Waals surface area (Å²) >= 11 is 6.28. The summed E-state index contributed by atoms with van der Waals surface area (Å²) in [5, 5.41) is 9.28. The molecule has 126 valence electrons. The van der Waals surface area contributed by atoms with Crippen molar-refractivity contribution >= 4 is 28.5 Å². The average molecular weight is 354 g/mol. The van der Waals surface area contributed by atoms with Crippen LogP contribution in [-0.2, 0) is 6.54 Å². The zero-order valence-corrected chi connectivity index (χ0v) is 14.1. The maximum absolute atomic E-state index is 6.28. The second-order valence-corrected chi connectivity index (χ2v) is 5.96. The molecule has 7 nitrogen and oxygen atoms in total. The van der Waals surface area contributed by atoms with Crippen molar-refractivity contribution < 1.29 is 0 Å². The van der Waals surface area contributed by atoms with E-state index in [-0.39, 0.29) is 0 Å². The molecule has 0 aliphatic rings. The van der Waals surface area contributed by atoms with Crippen LogP contribution in [0.15, 0.2) is 55.5 Å². The monoisotopic (exact) mass is 353 g/mol. The number of nitrogens with one attached hydrogen (secondary N) is 1. The number of nitrogens with zero attached hydrogens (tertiary/aromatic N) is 6. The standard InChI is InChI=1S/C17H16ClN7/c18-14-4-1-2-5-15(14)25-17-13(10-23-25)16(21-11-22-17)20-6-3-8-24-9-7-19-12-24/h1-2,4-5,7,9-12H,3,6,8H2,(H,20,21,22). The van der Waals surface area contributed by atoms with Crippen molar-refractivity contribution in [3.8, 4) is 5.69 Å². The molecule has 0 fully saturated rings. The van der Waals surface area contributed by atoms with Gasteiger partial charge in [0.15, 0.2) is 5.65 Å². The number of hydrogen-bond acceptors (Lipinski definition) is 5. The van der Waals surface area contributed by atoms with Crippen molar-refractivity contribution in [2.45, 2.75) is 13.0 Å². The Kier molecular flexibility index (Phi) is 4.30. The van der Waals surface area contributed by atoms with Gasteiger partial charge >= 0.3 is 0 Å². The van der Waals surface area contributed by atoms with Crippen molar-refractivity contribution in [1.82, 2.24) is 29.3 Å². The number of aromatic nitrogens is 6. The molecule has 0 saturated carbocycles. The molecule has 4 rings (SSSR count). The van der Waals surface area contributed by atoms with Crippen LogP contribution in [0.2, 0.25) is 5.02 Å². The molecule has 8 heteroatoms. The largest absolute Gasteiger partial charge is 0.369 e. The second-order valence-electron chi connectivity index (χ2n) is 5.55. The second kappa shape index (κ2) is 6.90. The Labute approximate surface area is 149 Å². The predicted molar refractivity (Wildman–Crippen MR) is 97.0 cm³/mol. The van der Waals surface area contributed by atoms with Crippen molar-refractivity contribution in [3.05, 3.63) is 60.5 Å². The van der Waals surface area contributed by atoms with Gasteiger partial charge in [-0.3, -0.25) is 0 Å². The first kappa shape index (κ1) is 15.6. The molecule has 3 aromatic heterocycles. The lowest BCUT2D eigenvalue weighted by atomic mass is 10.3. The van der Waals surface area contributed by atoms with Crippen molar-refractivity contribution in [3.63, 3.8) is 0 Å². The van der Waals surface area contributed by atoms with E-state index in [0.717, 1.165) is 42.0 Å². The molecule has 0 saturated heterocycles. The fourth-order valence-corrected chi connectivity index (χ4v) is 2.89. The molecular formula is C17H16ClN7. The maximum atomic E-state index is 6.28. The molecule has 0 unspecified atom stereocenters.